The SMILES string of the molecule is CN1CC2C(C#CC(C)(C)C)C3(C1)c1ccccc1C=CC23. The standard InChI is InChI=1S/C21H25N/c1-20(2,3)12-11-19-16-13-22(4)14-21(19)17-8-6-5-7-15(17)9-10-18(16)21/h5-10,16,18-19H,13-14H2,1-4H3. The van der Waals surface area contributed by atoms with Crippen molar-refractivity contribution in [3.63, 3.8) is 0 Å². The van der Waals surface area contributed by atoms with Crippen molar-refractivity contribution >= 4 is 6.08 Å². The van der Waals surface area contributed by atoms with Crippen molar-refractivity contribution in [3.05, 3.63) is 41.5 Å². The third-order valence-corrected chi connectivity index (χ3v) is 5.64. The molecule has 1 saturated carbocycles. The molecule has 4 atom stereocenters. The Hall–Kier alpha value is -1.52. The summed E-state index contributed by atoms with van der Waals surface area (Å²) in [6.45, 7) is 8.96. The number of allylic oxidation sites excluding steroid dienone is 1. The number of hydrogen-bond acceptors (Lipinski definition) is 1. The third kappa shape index (κ3) is 1.83. The lowest BCUT2D eigenvalue weighted by molar-refractivity contribution is -0.0818. The maximum Gasteiger partial charge on any atom is 0.0364 e. The van der Waals surface area contributed by atoms with Gasteiger partial charge in [-0.1, -0.05) is 48.3 Å². The fourth-order valence-corrected chi connectivity index (χ4v) is 4.90. The Labute approximate surface area is 134 Å². The van der Waals surface area contributed by atoms with E-state index >= 15 is 0 Å². The summed E-state index contributed by atoms with van der Waals surface area (Å²) < 4.78 is 0. The second-order valence-corrected chi connectivity index (χ2v) is 8.37. The van der Waals surface area contributed by atoms with E-state index in [1.165, 1.54) is 17.7 Å². The molecular formula is C21H25N. The van der Waals surface area contributed by atoms with E-state index in [9.17, 15) is 0 Å². The molecule has 2 aliphatic carbocycles. The fourth-order valence-electron chi connectivity index (χ4n) is 4.90. The van der Waals surface area contributed by atoms with Crippen LogP contribution in [-0.2, 0) is 5.41 Å². The van der Waals surface area contributed by atoms with Crippen LogP contribution in [0.15, 0.2) is 30.3 Å². The predicted octanol–water partition coefficient (Wildman–Crippen LogP) is 3.81. The van der Waals surface area contributed by atoms with Crippen molar-refractivity contribution < 1.29 is 0 Å². The van der Waals surface area contributed by atoms with E-state index in [2.05, 4.69) is 81.0 Å². The highest BCUT2D eigenvalue weighted by Crippen LogP contribution is 2.63. The molecule has 1 spiro atoms. The first-order valence-corrected chi connectivity index (χ1v) is 8.41. The molecule has 4 aliphatic rings. The summed E-state index contributed by atoms with van der Waals surface area (Å²) in [6, 6.07) is 8.94. The molecule has 2 aliphatic heterocycles. The van der Waals surface area contributed by atoms with Gasteiger partial charge in [0.2, 0.25) is 0 Å². The molecule has 1 nitrogen and oxygen atoms in total. The molecule has 4 unspecified atom stereocenters. The molecule has 3 fully saturated rings. The molecule has 0 radical (unpaired) electrons. The highest BCUT2D eigenvalue weighted by atomic mass is 15.1. The van der Waals surface area contributed by atoms with Gasteiger partial charge in [0.15, 0.2) is 0 Å². The summed E-state index contributed by atoms with van der Waals surface area (Å²) in [6.07, 6.45) is 4.80. The van der Waals surface area contributed by atoms with Crippen molar-refractivity contribution in [1.82, 2.24) is 4.90 Å². The van der Waals surface area contributed by atoms with E-state index in [0.29, 0.717) is 17.8 Å². The second-order valence-electron chi connectivity index (χ2n) is 8.37. The minimum atomic E-state index is 0.0892. The van der Waals surface area contributed by atoms with Crippen molar-refractivity contribution in [1.29, 1.82) is 0 Å². The normalized spacial score (nSPS) is 35.7. The minimum absolute atomic E-state index is 0.0892. The maximum absolute atomic E-state index is 3.70. The Kier molecular flexibility index (Phi) is 2.88. The molecule has 1 aromatic carbocycles. The van der Waals surface area contributed by atoms with Gasteiger partial charge in [-0.2, -0.15) is 0 Å². The van der Waals surface area contributed by atoms with Gasteiger partial charge in [-0.05, 0) is 50.8 Å². The minimum Gasteiger partial charge on any atom is -0.305 e. The lowest BCUT2D eigenvalue weighted by Gasteiger charge is -2.66. The van der Waals surface area contributed by atoms with Gasteiger partial charge in [0.05, 0.1) is 0 Å². The number of rotatable bonds is 0. The van der Waals surface area contributed by atoms with Crippen LogP contribution in [0.3, 0.4) is 0 Å². The second kappa shape index (κ2) is 4.49. The average molecular weight is 291 g/mol. The van der Waals surface area contributed by atoms with Crippen molar-refractivity contribution in [2.75, 3.05) is 20.1 Å². The van der Waals surface area contributed by atoms with Gasteiger partial charge >= 0.3 is 0 Å². The van der Waals surface area contributed by atoms with Gasteiger partial charge in [-0.3, -0.25) is 0 Å². The lowest BCUT2D eigenvalue weighted by Crippen LogP contribution is -2.70. The summed E-state index contributed by atoms with van der Waals surface area (Å²) in [5.74, 6) is 9.12. The highest BCUT2D eigenvalue weighted by molar-refractivity contribution is 5.64. The molecule has 5 rings (SSSR count). The van der Waals surface area contributed by atoms with Gasteiger partial charge in [0, 0.05) is 29.8 Å². The number of fused-ring (bicyclic) bond motifs is 3. The maximum atomic E-state index is 3.70. The van der Waals surface area contributed by atoms with Gasteiger partial charge < -0.3 is 4.90 Å². The first-order chi connectivity index (χ1) is 10.4. The summed E-state index contributed by atoms with van der Waals surface area (Å²) in [5.41, 5.74) is 3.24. The smallest absolute Gasteiger partial charge is 0.0364 e. The number of benzene rings is 1. The van der Waals surface area contributed by atoms with Gasteiger partial charge in [0.1, 0.15) is 0 Å². The largest absolute Gasteiger partial charge is 0.305 e. The molecule has 1 heteroatoms. The average Bonchev–Trinajstić information content (AvgIpc) is 2.45. The molecule has 22 heavy (non-hydrogen) atoms. The number of hydrogen-bond donors (Lipinski definition) is 0. The Bertz CT molecular complexity index is 697. The number of likely N-dealkylation sites (N-methyl/N-ethyl adjacent to an activating group) is 1. The molecule has 1 aromatic rings. The first-order valence-electron chi connectivity index (χ1n) is 8.41. The lowest BCUT2D eigenvalue weighted by atomic mass is 9.40. The van der Waals surface area contributed by atoms with Crippen LogP contribution in [0.5, 0.6) is 0 Å². The fraction of sp³-hybridized carbons (Fsp3) is 0.524. The molecule has 0 N–H and O–H groups in total. The van der Waals surface area contributed by atoms with Crippen molar-refractivity contribution in [3.8, 4) is 11.8 Å². The van der Waals surface area contributed by atoms with Gasteiger partial charge in [0.25, 0.3) is 0 Å². The topological polar surface area (TPSA) is 3.24 Å². The zero-order chi connectivity index (χ0) is 15.5. The first kappa shape index (κ1) is 14.1. The molecule has 2 bridgehead atoms. The Morgan fingerprint density at radius 2 is 2.00 bits per heavy atom. The van der Waals surface area contributed by atoms with E-state index in [1.54, 1.807) is 0 Å². The molecule has 2 saturated heterocycles. The monoisotopic (exact) mass is 291 g/mol. The highest BCUT2D eigenvalue weighted by Gasteiger charge is 2.65. The van der Waals surface area contributed by atoms with Crippen molar-refractivity contribution in [2.45, 2.75) is 26.2 Å². The molecule has 0 amide bonds. The quantitative estimate of drug-likeness (QED) is 0.657. The number of nitrogens with zero attached hydrogens (tertiary/aromatic N) is 1. The zero-order valence-corrected chi connectivity index (χ0v) is 14.1. The third-order valence-electron chi connectivity index (χ3n) is 5.64. The van der Waals surface area contributed by atoms with E-state index in [0.717, 1.165) is 6.54 Å². The summed E-state index contributed by atoms with van der Waals surface area (Å²) >= 11 is 0. The van der Waals surface area contributed by atoms with Crippen LogP contribution in [0.1, 0.15) is 31.9 Å². The summed E-state index contributed by atoms with van der Waals surface area (Å²) in [5, 5.41) is 0. The van der Waals surface area contributed by atoms with E-state index in [4.69, 9.17) is 0 Å². The molecule has 114 valence electrons. The zero-order valence-electron chi connectivity index (χ0n) is 14.1. The Morgan fingerprint density at radius 1 is 1.23 bits per heavy atom. The van der Waals surface area contributed by atoms with Gasteiger partial charge in [-0.15, -0.1) is 0 Å². The van der Waals surface area contributed by atoms with Crippen LogP contribution in [0.2, 0.25) is 0 Å². The molecule has 2 heterocycles. The van der Waals surface area contributed by atoms with Crippen LogP contribution in [-0.4, -0.2) is 25.0 Å². The van der Waals surface area contributed by atoms with Crippen LogP contribution in [0.4, 0.5) is 0 Å². The molecule has 0 aromatic heterocycles. The van der Waals surface area contributed by atoms with Crippen LogP contribution < -0.4 is 0 Å². The Morgan fingerprint density at radius 3 is 2.77 bits per heavy atom. The van der Waals surface area contributed by atoms with Crippen molar-refractivity contribution in [2.24, 2.45) is 23.2 Å². The predicted molar refractivity (Wildman–Crippen MR) is 92.4 cm³/mol. The van der Waals surface area contributed by atoms with E-state index < -0.39 is 0 Å². The summed E-state index contributed by atoms with van der Waals surface area (Å²) in [7, 11) is 2.26. The van der Waals surface area contributed by atoms with Crippen LogP contribution in [0, 0.1) is 35.0 Å². The van der Waals surface area contributed by atoms with Crippen LogP contribution >= 0.6 is 0 Å². The van der Waals surface area contributed by atoms with Gasteiger partial charge in [-0.25, -0.2) is 0 Å². The van der Waals surface area contributed by atoms with Crippen LogP contribution in [0.25, 0.3) is 6.08 Å². The Balaban J connectivity index is 1.83. The van der Waals surface area contributed by atoms with E-state index in [-0.39, 0.29) is 10.8 Å². The van der Waals surface area contributed by atoms with E-state index in [1.807, 2.05) is 0 Å². The molecular weight excluding hydrogens is 266 g/mol. The number of piperidine rings is 2. The summed E-state index contributed by atoms with van der Waals surface area (Å²) in [4.78, 5) is 2.51.